The van der Waals surface area contributed by atoms with E-state index in [1.807, 2.05) is 6.08 Å². The number of carbonyl (C=O) groups excluding carboxylic acids is 1. The van der Waals surface area contributed by atoms with Gasteiger partial charge in [-0.1, -0.05) is 65.8 Å². The molecule has 4 aliphatic rings. The normalized spacial score (nSPS) is 46.6. The second-order valence-corrected chi connectivity index (χ2v) is 12.4. The van der Waals surface area contributed by atoms with Crippen molar-refractivity contribution in [1.82, 2.24) is 0 Å². The fourth-order valence-electron chi connectivity index (χ4n) is 8.77. The van der Waals surface area contributed by atoms with Gasteiger partial charge in [-0.15, -0.1) is 0 Å². The van der Waals surface area contributed by atoms with Gasteiger partial charge in [0, 0.05) is 18.3 Å². The van der Waals surface area contributed by atoms with Crippen LogP contribution in [0.3, 0.4) is 0 Å². The third kappa shape index (κ3) is 3.41. The first-order valence-electron chi connectivity index (χ1n) is 13.1. The number of ketones is 1. The Morgan fingerprint density at radius 1 is 1.06 bits per heavy atom. The maximum absolute atomic E-state index is 16.1. The molecule has 0 spiro atoms. The number of carbonyl (C=O) groups is 1. The van der Waals surface area contributed by atoms with E-state index in [4.69, 9.17) is 0 Å². The Kier molecular flexibility index (Phi) is 6.10. The number of rotatable bonds is 5. The van der Waals surface area contributed by atoms with Gasteiger partial charge in [-0.25, -0.2) is 4.39 Å². The van der Waals surface area contributed by atoms with Crippen molar-refractivity contribution in [2.45, 2.75) is 98.6 Å². The number of allylic oxidation sites excluding steroid dienone is 4. The number of halogens is 1. The molecule has 0 saturated heterocycles. The topological polar surface area (TPSA) is 17.1 Å². The Bertz CT molecular complexity index is 752. The van der Waals surface area contributed by atoms with Crippen LogP contribution in [-0.2, 0) is 4.79 Å². The SMILES string of the molecule is CC[C@H](/C=C/[C@@H](C)[C@H]1CCC2C3CC(=O)[C@@]4(F)CC=CC[C@]4(C)C3CC[C@@]21C)C(C)C. The number of fused-ring (bicyclic) bond motifs is 5. The summed E-state index contributed by atoms with van der Waals surface area (Å²) in [5, 5.41) is 0. The molecule has 0 aliphatic heterocycles. The zero-order valence-corrected chi connectivity index (χ0v) is 20.8. The molecule has 2 heteroatoms. The minimum Gasteiger partial charge on any atom is -0.296 e. The van der Waals surface area contributed by atoms with Crippen molar-refractivity contribution in [3.63, 3.8) is 0 Å². The van der Waals surface area contributed by atoms with E-state index in [0.29, 0.717) is 59.7 Å². The highest BCUT2D eigenvalue weighted by Crippen LogP contribution is 2.68. The molecule has 0 aromatic carbocycles. The fraction of sp³-hybridized carbons (Fsp3) is 0.828. The fourth-order valence-corrected chi connectivity index (χ4v) is 8.77. The molecule has 9 atom stereocenters. The summed E-state index contributed by atoms with van der Waals surface area (Å²) in [7, 11) is 0. The molecule has 4 rings (SSSR count). The van der Waals surface area contributed by atoms with Crippen molar-refractivity contribution in [2.75, 3.05) is 0 Å². The van der Waals surface area contributed by atoms with E-state index in [9.17, 15) is 4.79 Å². The predicted octanol–water partition coefficient (Wildman–Crippen LogP) is 7.96. The van der Waals surface area contributed by atoms with Gasteiger partial charge in [0.15, 0.2) is 11.5 Å². The Balaban J connectivity index is 1.57. The van der Waals surface area contributed by atoms with Crippen LogP contribution in [-0.4, -0.2) is 11.5 Å². The van der Waals surface area contributed by atoms with Crippen LogP contribution in [0.25, 0.3) is 0 Å². The Morgan fingerprint density at radius 2 is 1.77 bits per heavy atom. The van der Waals surface area contributed by atoms with E-state index >= 15 is 4.39 Å². The quantitative estimate of drug-likeness (QED) is 0.406. The summed E-state index contributed by atoms with van der Waals surface area (Å²) in [6.07, 6.45) is 16.5. The second kappa shape index (κ2) is 8.14. The van der Waals surface area contributed by atoms with Gasteiger partial charge in [-0.05, 0) is 85.4 Å². The zero-order valence-electron chi connectivity index (χ0n) is 20.8. The maximum Gasteiger partial charge on any atom is 0.178 e. The minimum atomic E-state index is -1.63. The monoisotopic (exact) mass is 428 g/mol. The molecular weight excluding hydrogens is 383 g/mol. The van der Waals surface area contributed by atoms with Crippen LogP contribution in [0.5, 0.6) is 0 Å². The first-order valence-corrected chi connectivity index (χ1v) is 13.1. The summed E-state index contributed by atoms with van der Waals surface area (Å²) >= 11 is 0. The van der Waals surface area contributed by atoms with Crippen LogP contribution in [0.15, 0.2) is 24.3 Å². The average Bonchev–Trinajstić information content (AvgIpc) is 3.07. The van der Waals surface area contributed by atoms with Crippen LogP contribution in [0.2, 0.25) is 0 Å². The number of hydrogen-bond acceptors (Lipinski definition) is 1. The predicted molar refractivity (Wildman–Crippen MR) is 127 cm³/mol. The van der Waals surface area contributed by atoms with Crippen LogP contribution < -0.4 is 0 Å². The summed E-state index contributed by atoms with van der Waals surface area (Å²) < 4.78 is 16.1. The van der Waals surface area contributed by atoms with Crippen LogP contribution in [0, 0.1) is 52.3 Å². The van der Waals surface area contributed by atoms with Gasteiger partial charge in [0.25, 0.3) is 0 Å². The summed E-state index contributed by atoms with van der Waals surface area (Å²) in [4.78, 5) is 13.2. The highest BCUT2D eigenvalue weighted by molar-refractivity contribution is 5.90. The molecule has 31 heavy (non-hydrogen) atoms. The largest absolute Gasteiger partial charge is 0.296 e. The molecule has 3 saturated carbocycles. The molecule has 0 radical (unpaired) electrons. The van der Waals surface area contributed by atoms with Crippen molar-refractivity contribution in [3.8, 4) is 0 Å². The molecule has 3 fully saturated rings. The maximum atomic E-state index is 16.1. The first kappa shape index (κ1) is 23.2. The van der Waals surface area contributed by atoms with E-state index in [-0.39, 0.29) is 5.78 Å². The van der Waals surface area contributed by atoms with E-state index in [0.717, 1.165) is 12.8 Å². The van der Waals surface area contributed by atoms with Crippen LogP contribution in [0.1, 0.15) is 92.9 Å². The Hall–Kier alpha value is -0.920. The molecule has 0 bridgehead atoms. The molecule has 0 aromatic heterocycles. The molecule has 174 valence electrons. The standard InChI is InChI=1S/C29H45FO/c1-7-21(19(2)3)11-10-20(4)23-12-13-24-22-18-26(31)29(30)16-9-8-15-28(29,6)25(22)14-17-27(23,24)5/h8-11,19-25H,7,12-18H2,1-6H3/b11-10+/t20-,21-,22?,23-,24?,25?,27-,28-,29+/m1/s1. The third-order valence-electron chi connectivity index (χ3n) is 10.8. The summed E-state index contributed by atoms with van der Waals surface area (Å²) in [6, 6.07) is 0. The highest BCUT2D eigenvalue weighted by Gasteiger charge is 2.67. The van der Waals surface area contributed by atoms with Gasteiger partial charge in [0.2, 0.25) is 0 Å². The van der Waals surface area contributed by atoms with Crippen molar-refractivity contribution in [2.24, 2.45) is 52.3 Å². The molecule has 4 aliphatic carbocycles. The van der Waals surface area contributed by atoms with Gasteiger partial charge in [-0.2, -0.15) is 0 Å². The lowest BCUT2D eigenvalue weighted by molar-refractivity contribution is -0.173. The van der Waals surface area contributed by atoms with E-state index in [2.05, 4.69) is 59.8 Å². The van der Waals surface area contributed by atoms with Crippen molar-refractivity contribution in [3.05, 3.63) is 24.3 Å². The number of alkyl halides is 1. The Labute approximate surface area is 190 Å². The van der Waals surface area contributed by atoms with Gasteiger partial charge >= 0.3 is 0 Å². The van der Waals surface area contributed by atoms with Crippen molar-refractivity contribution < 1.29 is 9.18 Å². The van der Waals surface area contributed by atoms with Gasteiger partial charge in [-0.3, -0.25) is 4.79 Å². The van der Waals surface area contributed by atoms with Gasteiger partial charge in [0.1, 0.15) is 0 Å². The number of Topliss-reactive ketones (excluding diaryl/α,β-unsaturated/α-hetero) is 1. The first-order chi connectivity index (χ1) is 14.6. The van der Waals surface area contributed by atoms with E-state index in [1.54, 1.807) is 0 Å². The van der Waals surface area contributed by atoms with Crippen LogP contribution >= 0.6 is 0 Å². The molecule has 0 aromatic rings. The van der Waals surface area contributed by atoms with E-state index < -0.39 is 11.1 Å². The smallest absolute Gasteiger partial charge is 0.178 e. The lowest BCUT2D eigenvalue weighted by atomic mass is 9.44. The number of hydrogen-bond donors (Lipinski definition) is 0. The molecule has 0 heterocycles. The van der Waals surface area contributed by atoms with Crippen molar-refractivity contribution >= 4 is 5.78 Å². The van der Waals surface area contributed by atoms with E-state index in [1.165, 1.54) is 25.7 Å². The average molecular weight is 429 g/mol. The van der Waals surface area contributed by atoms with Crippen molar-refractivity contribution in [1.29, 1.82) is 0 Å². The molecule has 0 amide bonds. The zero-order chi connectivity index (χ0) is 22.6. The Morgan fingerprint density at radius 3 is 2.45 bits per heavy atom. The van der Waals surface area contributed by atoms with Crippen LogP contribution in [0.4, 0.5) is 4.39 Å². The third-order valence-corrected chi connectivity index (χ3v) is 10.8. The molecule has 0 N–H and O–H groups in total. The lowest BCUT2D eigenvalue weighted by Crippen LogP contribution is -2.63. The highest BCUT2D eigenvalue weighted by atomic mass is 19.1. The summed E-state index contributed by atoms with van der Waals surface area (Å²) in [5.74, 6) is 3.84. The minimum absolute atomic E-state index is 0.0936. The summed E-state index contributed by atoms with van der Waals surface area (Å²) in [5.41, 5.74) is -1.84. The summed E-state index contributed by atoms with van der Waals surface area (Å²) in [6.45, 7) is 14.0. The lowest BCUT2D eigenvalue weighted by Gasteiger charge is -2.61. The second-order valence-electron chi connectivity index (χ2n) is 12.4. The molecule has 3 unspecified atom stereocenters. The molecular formula is C29H45FO. The molecule has 1 nitrogen and oxygen atoms in total. The van der Waals surface area contributed by atoms with Gasteiger partial charge < -0.3 is 0 Å². The van der Waals surface area contributed by atoms with Gasteiger partial charge in [0.05, 0.1) is 0 Å².